The molecule has 5 rings (SSSR count). The Labute approximate surface area is 180 Å². The summed E-state index contributed by atoms with van der Waals surface area (Å²) in [7, 11) is 0. The van der Waals surface area contributed by atoms with E-state index in [2.05, 4.69) is 74.2 Å². The first-order valence-corrected chi connectivity index (χ1v) is 11.2. The molecule has 0 N–H and O–H groups in total. The van der Waals surface area contributed by atoms with Gasteiger partial charge in [0.1, 0.15) is 4.83 Å². The number of hydrogen-bond donors (Lipinski definition) is 0. The van der Waals surface area contributed by atoms with E-state index in [4.69, 9.17) is 4.98 Å². The Morgan fingerprint density at radius 3 is 2.63 bits per heavy atom. The summed E-state index contributed by atoms with van der Waals surface area (Å²) < 4.78 is 0. The van der Waals surface area contributed by atoms with Crippen LogP contribution in [0.15, 0.2) is 54.6 Å². The predicted octanol–water partition coefficient (Wildman–Crippen LogP) is 5.42. The normalized spacial score (nSPS) is 17.1. The lowest BCUT2D eigenvalue weighted by Gasteiger charge is -2.41. The number of aryl methyl sites for hydroxylation is 2. The molecule has 152 valence electrons. The number of rotatable bonds is 2. The zero-order valence-corrected chi connectivity index (χ0v) is 18.4. The van der Waals surface area contributed by atoms with Gasteiger partial charge in [-0.3, -0.25) is 4.79 Å². The number of benzene rings is 2. The van der Waals surface area contributed by atoms with Crippen LogP contribution in [-0.2, 0) is 0 Å². The van der Waals surface area contributed by atoms with Gasteiger partial charge in [-0.2, -0.15) is 0 Å². The van der Waals surface area contributed by atoms with Gasteiger partial charge in [0, 0.05) is 42.1 Å². The smallest absolute Gasteiger partial charge is 0.264 e. The van der Waals surface area contributed by atoms with Crippen LogP contribution < -0.4 is 4.90 Å². The second-order valence-corrected chi connectivity index (χ2v) is 9.35. The van der Waals surface area contributed by atoms with Gasteiger partial charge in [-0.25, -0.2) is 4.98 Å². The van der Waals surface area contributed by atoms with Crippen LogP contribution in [0, 0.1) is 13.8 Å². The molecule has 0 bridgehead atoms. The summed E-state index contributed by atoms with van der Waals surface area (Å²) in [6.45, 7) is 8.72. The summed E-state index contributed by atoms with van der Waals surface area (Å²) in [5.74, 6) is 0.119. The van der Waals surface area contributed by atoms with Crippen LogP contribution in [0.2, 0.25) is 0 Å². The summed E-state index contributed by atoms with van der Waals surface area (Å²) >= 11 is 1.50. The van der Waals surface area contributed by atoms with E-state index < -0.39 is 0 Å². The first-order valence-electron chi connectivity index (χ1n) is 10.4. The van der Waals surface area contributed by atoms with Crippen LogP contribution in [0.5, 0.6) is 0 Å². The van der Waals surface area contributed by atoms with Crippen molar-refractivity contribution in [2.75, 3.05) is 24.5 Å². The largest absolute Gasteiger partial charge is 0.365 e. The second-order valence-electron chi connectivity index (χ2n) is 8.32. The number of pyridine rings is 1. The summed E-state index contributed by atoms with van der Waals surface area (Å²) in [5, 5.41) is 2.17. The van der Waals surface area contributed by atoms with E-state index in [0.29, 0.717) is 0 Å². The van der Waals surface area contributed by atoms with Crippen molar-refractivity contribution in [3.8, 4) is 0 Å². The third kappa shape index (κ3) is 3.43. The maximum atomic E-state index is 13.2. The van der Waals surface area contributed by atoms with Crippen LogP contribution in [0.3, 0.4) is 0 Å². The molecule has 2 aromatic heterocycles. The molecular weight excluding hydrogens is 390 g/mol. The van der Waals surface area contributed by atoms with Crippen molar-refractivity contribution < 1.29 is 4.79 Å². The maximum Gasteiger partial charge on any atom is 0.264 e. The minimum Gasteiger partial charge on any atom is -0.365 e. The zero-order valence-electron chi connectivity index (χ0n) is 17.6. The number of anilines is 1. The van der Waals surface area contributed by atoms with Crippen molar-refractivity contribution in [1.29, 1.82) is 0 Å². The van der Waals surface area contributed by atoms with Crippen LogP contribution in [-0.4, -0.2) is 41.5 Å². The van der Waals surface area contributed by atoms with Crippen LogP contribution >= 0.6 is 11.3 Å². The highest BCUT2D eigenvalue weighted by molar-refractivity contribution is 7.20. The first-order chi connectivity index (χ1) is 14.5. The molecule has 0 radical (unpaired) electrons. The fourth-order valence-electron chi connectivity index (χ4n) is 4.35. The molecule has 1 unspecified atom stereocenters. The Morgan fingerprint density at radius 1 is 1.00 bits per heavy atom. The standard InChI is InChI=1S/C25H25N3OS/c1-16-5-4-6-21(12-16)28-10-9-27(15-18(28)3)25(29)23-14-20-13-19-11-17(2)7-8-22(19)26-24(20)30-23/h4-8,11-14,18H,9-10,15H2,1-3H3. The third-order valence-corrected chi connectivity index (χ3v) is 6.95. The van der Waals surface area contributed by atoms with Crippen LogP contribution in [0.1, 0.15) is 27.7 Å². The number of piperazine rings is 1. The SMILES string of the molecule is Cc1cccc(N2CCN(C(=O)c3cc4cc5cc(C)ccc5nc4s3)CC2C)c1. The van der Waals surface area contributed by atoms with Gasteiger partial charge in [0.2, 0.25) is 0 Å². The fourth-order valence-corrected chi connectivity index (χ4v) is 5.34. The molecule has 4 aromatic rings. The van der Waals surface area contributed by atoms with E-state index in [1.807, 2.05) is 11.0 Å². The van der Waals surface area contributed by atoms with Gasteiger partial charge in [-0.1, -0.05) is 23.8 Å². The Hall–Kier alpha value is -2.92. The van der Waals surface area contributed by atoms with Gasteiger partial charge >= 0.3 is 0 Å². The molecule has 4 nitrogen and oxygen atoms in total. The van der Waals surface area contributed by atoms with Crippen molar-refractivity contribution in [3.63, 3.8) is 0 Å². The van der Waals surface area contributed by atoms with Crippen molar-refractivity contribution in [2.24, 2.45) is 0 Å². The maximum absolute atomic E-state index is 13.2. The summed E-state index contributed by atoms with van der Waals surface area (Å²) in [6.07, 6.45) is 0. The van der Waals surface area contributed by atoms with E-state index in [1.165, 1.54) is 28.2 Å². The number of fused-ring (bicyclic) bond motifs is 2. The highest BCUT2D eigenvalue weighted by Gasteiger charge is 2.28. The molecule has 30 heavy (non-hydrogen) atoms. The molecular formula is C25H25N3OS. The number of aromatic nitrogens is 1. The highest BCUT2D eigenvalue weighted by atomic mass is 32.1. The lowest BCUT2D eigenvalue weighted by atomic mass is 10.1. The number of carbonyl (C=O) groups is 1. The Kier molecular flexibility index (Phi) is 4.70. The molecule has 0 saturated carbocycles. The molecule has 1 aliphatic heterocycles. The van der Waals surface area contributed by atoms with Gasteiger partial charge in [0.05, 0.1) is 10.4 Å². The molecule has 1 saturated heterocycles. The number of thiophene rings is 1. The second kappa shape index (κ2) is 7.40. The zero-order chi connectivity index (χ0) is 20.8. The minimum atomic E-state index is 0.119. The molecule has 2 aromatic carbocycles. The first kappa shape index (κ1) is 19.1. The quantitative estimate of drug-likeness (QED) is 0.439. The van der Waals surface area contributed by atoms with Crippen molar-refractivity contribution in [2.45, 2.75) is 26.8 Å². The van der Waals surface area contributed by atoms with Gasteiger partial charge in [-0.15, -0.1) is 11.3 Å². The molecule has 0 spiro atoms. The van der Waals surface area contributed by atoms with Gasteiger partial charge in [0.15, 0.2) is 0 Å². The lowest BCUT2D eigenvalue weighted by molar-refractivity contribution is 0.0731. The molecule has 1 fully saturated rings. The molecule has 0 aliphatic carbocycles. The van der Waals surface area contributed by atoms with E-state index in [-0.39, 0.29) is 11.9 Å². The topological polar surface area (TPSA) is 36.4 Å². The highest BCUT2D eigenvalue weighted by Crippen LogP contribution is 2.30. The third-order valence-electron chi connectivity index (χ3n) is 5.92. The number of hydrogen-bond acceptors (Lipinski definition) is 4. The molecule has 1 aliphatic rings. The summed E-state index contributed by atoms with van der Waals surface area (Å²) in [6, 6.07) is 19.3. The molecule has 5 heteroatoms. The van der Waals surface area contributed by atoms with Crippen molar-refractivity contribution >= 4 is 44.1 Å². The Bertz CT molecular complexity index is 1260. The molecule has 1 atom stereocenters. The van der Waals surface area contributed by atoms with E-state index in [0.717, 1.165) is 45.6 Å². The molecule has 1 amide bonds. The average Bonchev–Trinajstić information content (AvgIpc) is 3.14. The summed E-state index contributed by atoms with van der Waals surface area (Å²) in [5.41, 5.74) is 4.70. The minimum absolute atomic E-state index is 0.119. The van der Waals surface area contributed by atoms with Crippen LogP contribution in [0.25, 0.3) is 21.1 Å². The number of carbonyl (C=O) groups excluding carboxylic acids is 1. The Balaban J connectivity index is 1.38. The summed E-state index contributed by atoms with van der Waals surface area (Å²) in [4.78, 5) is 24.1. The van der Waals surface area contributed by atoms with E-state index in [9.17, 15) is 4.79 Å². The monoisotopic (exact) mass is 415 g/mol. The Morgan fingerprint density at radius 2 is 1.83 bits per heavy atom. The molecule has 3 heterocycles. The van der Waals surface area contributed by atoms with Gasteiger partial charge in [0.25, 0.3) is 5.91 Å². The predicted molar refractivity (Wildman–Crippen MR) is 126 cm³/mol. The average molecular weight is 416 g/mol. The van der Waals surface area contributed by atoms with Gasteiger partial charge in [-0.05, 0) is 62.7 Å². The van der Waals surface area contributed by atoms with Gasteiger partial charge < -0.3 is 9.80 Å². The number of amides is 1. The van der Waals surface area contributed by atoms with Crippen LogP contribution in [0.4, 0.5) is 5.69 Å². The van der Waals surface area contributed by atoms with Crippen molar-refractivity contribution in [3.05, 3.63) is 70.6 Å². The van der Waals surface area contributed by atoms with E-state index in [1.54, 1.807) is 0 Å². The van der Waals surface area contributed by atoms with E-state index >= 15 is 0 Å². The lowest BCUT2D eigenvalue weighted by Crippen LogP contribution is -2.53. The number of nitrogens with zero attached hydrogens (tertiary/aromatic N) is 3. The fraction of sp³-hybridized carbons (Fsp3) is 0.280. The van der Waals surface area contributed by atoms with Crippen molar-refractivity contribution in [1.82, 2.24) is 9.88 Å².